The smallest absolute Gasteiger partial charge is 0.416 e. The monoisotopic (exact) mass is 486 g/mol. The normalized spacial score (nSPS) is 20.8. The highest BCUT2D eigenvalue weighted by atomic mass is 35.5. The van der Waals surface area contributed by atoms with Gasteiger partial charge in [0.2, 0.25) is 5.95 Å². The van der Waals surface area contributed by atoms with Crippen molar-refractivity contribution in [2.45, 2.75) is 59.0 Å². The van der Waals surface area contributed by atoms with E-state index in [1.807, 2.05) is 33.8 Å². The van der Waals surface area contributed by atoms with Crippen molar-refractivity contribution in [1.29, 1.82) is 0 Å². The summed E-state index contributed by atoms with van der Waals surface area (Å²) < 4.78 is 5.69. The molecule has 1 aliphatic heterocycles. The highest BCUT2D eigenvalue weighted by Crippen LogP contribution is 2.50. The topological polar surface area (TPSA) is 97.5 Å². The fourth-order valence-electron chi connectivity index (χ4n) is 4.94. The Balaban J connectivity index is 1.33. The second-order valence-corrected chi connectivity index (χ2v) is 11.0. The number of nitrogen functional groups attached to an aromatic ring is 1. The molecule has 0 spiro atoms. The van der Waals surface area contributed by atoms with Gasteiger partial charge in [0.05, 0.1) is 29.3 Å². The first-order chi connectivity index (χ1) is 16.1. The summed E-state index contributed by atoms with van der Waals surface area (Å²) in [6, 6.07) is 1.85. The standard InChI is InChI=1S/C25H35ClN6O2/c1-16-11-20(27)15-28-22(16)32(24(33)34-25(2,3)4)10-7-18-12-21(18)17-5-8-31(9-6-17)23-29-13-19(26)14-30-23/h11,13-15,17-18,21H,5-10,12,27H2,1-4H3. The summed E-state index contributed by atoms with van der Waals surface area (Å²) in [5, 5.41) is 0.559. The van der Waals surface area contributed by atoms with Crippen LogP contribution in [-0.4, -0.2) is 46.3 Å². The number of ether oxygens (including phenoxy) is 1. The van der Waals surface area contributed by atoms with Crippen LogP contribution in [0.1, 0.15) is 52.0 Å². The Morgan fingerprint density at radius 3 is 2.50 bits per heavy atom. The molecule has 34 heavy (non-hydrogen) atoms. The summed E-state index contributed by atoms with van der Waals surface area (Å²) >= 11 is 5.91. The van der Waals surface area contributed by atoms with Crippen molar-refractivity contribution in [2.75, 3.05) is 35.2 Å². The van der Waals surface area contributed by atoms with E-state index in [1.165, 1.54) is 6.42 Å². The van der Waals surface area contributed by atoms with Crippen LogP contribution in [0.2, 0.25) is 5.02 Å². The quantitative estimate of drug-likeness (QED) is 0.606. The summed E-state index contributed by atoms with van der Waals surface area (Å²) in [4.78, 5) is 30.1. The van der Waals surface area contributed by atoms with Crippen LogP contribution < -0.4 is 15.5 Å². The molecule has 2 aromatic rings. The van der Waals surface area contributed by atoms with Crippen molar-refractivity contribution in [3.8, 4) is 0 Å². The maximum Gasteiger partial charge on any atom is 0.416 e. The molecule has 2 atom stereocenters. The number of anilines is 3. The first kappa shape index (κ1) is 24.5. The Bertz CT molecular complexity index is 1000. The molecule has 2 N–H and O–H groups in total. The summed E-state index contributed by atoms with van der Waals surface area (Å²) in [5.41, 5.74) is 6.77. The first-order valence-electron chi connectivity index (χ1n) is 12.1. The minimum Gasteiger partial charge on any atom is -0.443 e. The van der Waals surface area contributed by atoms with E-state index in [-0.39, 0.29) is 6.09 Å². The average molecular weight is 487 g/mol. The van der Waals surface area contributed by atoms with E-state index in [1.54, 1.807) is 23.5 Å². The Labute approximate surface area is 206 Å². The lowest BCUT2D eigenvalue weighted by Crippen LogP contribution is -2.38. The average Bonchev–Trinajstić information content (AvgIpc) is 3.54. The van der Waals surface area contributed by atoms with Gasteiger partial charge in [-0.1, -0.05) is 11.6 Å². The Hall–Kier alpha value is -2.61. The number of hydrogen-bond acceptors (Lipinski definition) is 7. The van der Waals surface area contributed by atoms with Gasteiger partial charge in [-0.15, -0.1) is 0 Å². The lowest BCUT2D eigenvalue weighted by molar-refractivity contribution is 0.0578. The molecule has 2 aliphatic rings. The van der Waals surface area contributed by atoms with Crippen molar-refractivity contribution in [1.82, 2.24) is 15.0 Å². The van der Waals surface area contributed by atoms with Gasteiger partial charge < -0.3 is 15.4 Å². The van der Waals surface area contributed by atoms with Crippen LogP contribution in [0.4, 0.5) is 22.2 Å². The molecule has 1 saturated carbocycles. The molecule has 8 nitrogen and oxygen atoms in total. The number of aromatic nitrogens is 3. The SMILES string of the molecule is Cc1cc(N)cnc1N(CCC1CC1C1CCN(c2ncc(Cl)cn2)CC1)C(=O)OC(C)(C)C. The maximum atomic E-state index is 13.0. The van der Waals surface area contributed by atoms with Crippen LogP contribution in [0.15, 0.2) is 24.7 Å². The van der Waals surface area contributed by atoms with Gasteiger partial charge >= 0.3 is 6.09 Å². The van der Waals surface area contributed by atoms with Crippen LogP contribution in [-0.2, 0) is 4.74 Å². The fourth-order valence-corrected chi connectivity index (χ4v) is 5.04. The number of rotatable bonds is 6. The lowest BCUT2D eigenvalue weighted by atomic mass is 9.90. The van der Waals surface area contributed by atoms with Crippen molar-refractivity contribution in [2.24, 2.45) is 17.8 Å². The van der Waals surface area contributed by atoms with E-state index in [2.05, 4.69) is 19.9 Å². The van der Waals surface area contributed by atoms with E-state index in [0.29, 0.717) is 40.8 Å². The van der Waals surface area contributed by atoms with E-state index < -0.39 is 5.60 Å². The molecule has 2 fully saturated rings. The molecule has 3 heterocycles. The number of nitrogens with zero attached hydrogens (tertiary/aromatic N) is 5. The predicted octanol–water partition coefficient (Wildman–Crippen LogP) is 5.10. The largest absolute Gasteiger partial charge is 0.443 e. The van der Waals surface area contributed by atoms with Gasteiger partial charge in [0.25, 0.3) is 0 Å². The summed E-state index contributed by atoms with van der Waals surface area (Å²) in [5.74, 6) is 3.43. The van der Waals surface area contributed by atoms with Crippen molar-refractivity contribution < 1.29 is 9.53 Å². The number of hydrogen-bond donors (Lipinski definition) is 1. The molecule has 0 bridgehead atoms. The number of carbonyl (C=O) groups is 1. The van der Waals surface area contributed by atoms with Crippen molar-refractivity contribution in [3.05, 3.63) is 35.2 Å². The molecule has 9 heteroatoms. The predicted molar refractivity (Wildman–Crippen MR) is 135 cm³/mol. The molecule has 0 aromatic carbocycles. The van der Waals surface area contributed by atoms with Gasteiger partial charge in [0, 0.05) is 19.6 Å². The third-order valence-corrected chi connectivity index (χ3v) is 6.87. The third kappa shape index (κ3) is 6.09. The van der Waals surface area contributed by atoms with Gasteiger partial charge in [0.1, 0.15) is 11.4 Å². The molecule has 1 aliphatic carbocycles. The minimum absolute atomic E-state index is 0.360. The summed E-state index contributed by atoms with van der Waals surface area (Å²) in [6.07, 6.45) is 8.98. The lowest BCUT2D eigenvalue weighted by Gasteiger charge is -2.32. The second-order valence-electron chi connectivity index (χ2n) is 10.5. The highest BCUT2D eigenvalue weighted by molar-refractivity contribution is 6.30. The van der Waals surface area contributed by atoms with Crippen molar-refractivity contribution in [3.63, 3.8) is 0 Å². The van der Waals surface area contributed by atoms with E-state index in [0.717, 1.165) is 43.9 Å². The van der Waals surface area contributed by atoms with E-state index >= 15 is 0 Å². The van der Waals surface area contributed by atoms with E-state index in [9.17, 15) is 4.79 Å². The van der Waals surface area contributed by atoms with Gasteiger partial charge in [0.15, 0.2) is 0 Å². The second kappa shape index (κ2) is 9.94. The molecule has 0 radical (unpaired) electrons. The number of piperidine rings is 1. The molecule has 184 valence electrons. The maximum absolute atomic E-state index is 13.0. The van der Waals surface area contributed by atoms with Crippen LogP contribution in [0.25, 0.3) is 0 Å². The number of aryl methyl sites for hydroxylation is 1. The zero-order chi connectivity index (χ0) is 24.5. The number of carbonyl (C=O) groups excluding carboxylic acids is 1. The molecule has 2 unspecified atom stereocenters. The third-order valence-electron chi connectivity index (χ3n) is 6.68. The summed E-state index contributed by atoms with van der Waals surface area (Å²) in [6.45, 7) is 10.1. The summed E-state index contributed by atoms with van der Waals surface area (Å²) in [7, 11) is 0. The molecule has 1 amide bonds. The van der Waals surface area contributed by atoms with Crippen LogP contribution in [0.5, 0.6) is 0 Å². The fraction of sp³-hybridized carbons (Fsp3) is 0.600. The Morgan fingerprint density at radius 2 is 1.88 bits per heavy atom. The van der Waals surface area contributed by atoms with Crippen molar-refractivity contribution >= 4 is 35.1 Å². The zero-order valence-electron chi connectivity index (χ0n) is 20.5. The molecule has 1 saturated heterocycles. The van der Waals surface area contributed by atoms with E-state index in [4.69, 9.17) is 22.1 Å². The number of amides is 1. The Morgan fingerprint density at radius 1 is 1.21 bits per heavy atom. The highest BCUT2D eigenvalue weighted by Gasteiger charge is 2.44. The first-order valence-corrected chi connectivity index (χ1v) is 12.4. The van der Waals surface area contributed by atoms with Crippen LogP contribution >= 0.6 is 11.6 Å². The number of halogens is 1. The number of pyridine rings is 1. The zero-order valence-corrected chi connectivity index (χ0v) is 21.3. The number of nitrogens with two attached hydrogens (primary N) is 1. The molecule has 4 rings (SSSR count). The molecular formula is C25H35ClN6O2. The molecule has 2 aromatic heterocycles. The van der Waals surface area contributed by atoms with Crippen LogP contribution in [0, 0.1) is 24.7 Å². The van der Waals surface area contributed by atoms with Gasteiger partial charge in [-0.05, 0) is 82.8 Å². The molecular weight excluding hydrogens is 452 g/mol. The Kier molecular flexibility index (Phi) is 7.17. The van der Waals surface area contributed by atoms with Gasteiger partial charge in [-0.3, -0.25) is 4.90 Å². The van der Waals surface area contributed by atoms with Gasteiger partial charge in [-0.25, -0.2) is 19.7 Å². The minimum atomic E-state index is -0.569. The van der Waals surface area contributed by atoms with Gasteiger partial charge in [-0.2, -0.15) is 0 Å². The van der Waals surface area contributed by atoms with Crippen LogP contribution in [0.3, 0.4) is 0 Å².